The third-order valence-corrected chi connectivity index (χ3v) is 6.26. The summed E-state index contributed by atoms with van der Waals surface area (Å²) in [7, 11) is 0. The van der Waals surface area contributed by atoms with E-state index in [2.05, 4.69) is 45.7 Å². The fraction of sp³-hybridized carbons (Fsp3) is 0.571. The molecule has 0 N–H and O–H groups in total. The number of imide groups is 1. The SMILES string of the molecule is CCCC[C@@H](CC)CN1C(=O)c2c(Br)sc(Br)c2C1=O. The van der Waals surface area contributed by atoms with Crippen LogP contribution in [-0.2, 0) is 0 Å². The van der Waals surface area contributed by atoms with Crippen molar-refractivity contribution in [1.29, 1.82) is 0 Å². The van der Waals surface area contributed by atoms with Gasteiger partial charge < -0.3 is 0 Å². The number of amides is 2. The molecule has 1 aliphatic heterocycles. The second kappa shape index (κ2) is 6.71. The average Bonchev–Trinajstić information content (AvgIpc) is 2.84. The Morgan fingerprint density at radius 2 is 1.65 bits per heavy atom. The molecular formula is C14H17Br2NO2S. The van der Waals surface area contributed by atoms with Gasteiger partial charge >= 0.3 is 0 Å². The maximum atomic E-state index is 12.4. The van der Waals surface area contributed by atoms with Crippen LogP contribution in [0.2, 0.25) is 0 Å². The molecule has 0 aromatic carbocycles. The summed E-state index contributed by atoms with van der Waals surface area (Å²) in [6.45, 7) is 4.81. The minimum atomic E-state index is -0.159. The van der Waals surface area contributed by atoms with Crippen LogP contribution in [0, 0.1) is 5.92 Å². The van der Waals surface area contributed by atoms with E-state index in [0.717, 1.165) is 33.3 Å². The molecule has 20 heavy (non-hydrogen) atoms. The molecular weight excluding hydrogens is 406 g/mol. The molecule has 2 heterocycles. The topological polar surface area (TPSA) is 37.4 Å². The van der Waals surface area contributed by atoms with Crippen molar-refractivity contribution >= 4 is 55.0 Å². The van der Waals surface area contributed by atoms with Gasteiger partial charge in [-0.05, 0) is 44.2 Å². The molecule has 0 spiro atoms. The minimum absolute atomic E-state index is 0.159. The van der Waals surface area contributed by atoms with E-state index in [1.54, 1.807) is 0 Å². The predicted octanol–water partition coefficient (Wildman–Crippen LogP) is 5.09. The van der Waals surface area contributed by atoms with Gasteiger partial charge in [-0.3, -0.25) is 14.5 Å². The fourth-order valence-electron chi connectivity index (χ4n) is 2.46. The zero-order valence-electron chi connectivity index (χ0n) is 11.5. The van der Waals surface area contributed by atoms with E-state index < -0.39 is 0 Å². The molecule has 2 amide bonds. The Morgan fingerprint density at radius 3 is 2.10 bits per heavy atom. The molecule has 0 saturated heterocycles. The summed E-state index contributed by atoms with van der Waals surface area (Å²) < 4.78 is 1.48. The van der Waals surface area contributed by atoms with Crippen LogP contribution in [0.25, 0.3) is 0 Å². The van der Waals surface area contributed by atoms with Gasteiger partial charge in [-0.1, -0.05) is 33.1 Å². The number of halogens is 2. The first kappa shape index (κ1) is 16.2. The largest absolute Gasteiger partial charge is 0.274 e. The van der Waals surface area contributed by atoms with Gasteiger partial charge in [-0.15, -0.1) is 11.3 Å². The first-order valence-corrected chi connectivity index (χ1v) is 9.25. The molecule has 0 fully saturated rings. The summed E-state index contributed by atoms with van der Waals surface area (Å²) in [5.74, 6) is 0.0793. The second-order valence-corrected chi connectivity index (χ2v) is 8.69. The van der Waals surface area contributed by atoms with Crippen LogP contribution >= 0.6 is 43.2 Å². The molecule has 1 aromatic heterocycles. The molecule has 1 aliphatic rings. The van der Waals surface area contributed by atoms with Crippen molar-refractivity contribution in [2.45, 2.75) is 39.5 Å². The number of rotatable bonds is 6. The molecule has 2 rings (SSSR count). The number of unbranched alkanes of at least 4 members (excludes halogenated alkanes) is 1. The second-order valence-electron chi connectivity index (χ2n) is 5.04. The molecule has 110 valence electrons. The van der Waals surface area contributed by atoms with Crippen LogP contribution in [0.1, 0.15) is 60.2 Å². The smallest absolute Gasteiger partial charge is 0.263 e. The summed E-state index contributed by atoms with van der Waals surface area (Å²) in [4.78, 5) is 26.3. The van der Waals surface area contributed by atoms with Gasteiger partial charge in [-0.2, -0.15) is 0 Å². The fourth-order valence-corrected chi connectivity index (χ4v) is 5.56. The van der Waals surface area contributed by atoms with E-state index in [1.165, 1.54) is 16.2 Å². The zero-order chi connectivity index (χ0) is 14.9. The van der Waals surface area contributed by atoms with E-state index in [1.807, 2.05) is 0 Å². The standard InChI is InChI=1S/C14H17Br2NO2S/c1-3-5-6-8(4-2)7-17-13(18)9-10(14(17)19)12(16)20-11(9)15/h8H,3-7H2,1-2H3/t8-/m1/s1. The van der Waals surface area contributed by atoms with Gasteiger partial charge in [-0.25, -0.2) is 0 Å². The lowest BCUT2D eigenvalue weighted by molar-refractivity contribution is 0.0623. The molecule has 0 saturated carbocycles. The Morgan fingerprint density at radius 1 is 1.10 bits per heavy atom. The molecule has 3 nitrogen and oxygen atoms in total. The van der Waals surface area contributed by atoms with Gasteiger partial charge in [0.25, 0.3) is 11.8 Å². The predicted molar refractivity (Wildman–Crippen MR) is 88.4 cm³/mol. The summed E-state index contributed by atoms with van der Waals surface area (Å²) >= 11 is 8.14. The molecule has 1 aromatic rings. The number of thiophene rings is 1. The summed E-state index contributed by atoms with van der Waals surface area (Å²) in [5, 5.41) is 0. The van der Waals surface area contributed by atoms with E-state index in [-0.39, 0.29) is 11.8 Å². The number of fused-ring (bicyclic) bond motifs is 1. The Kier molecular flexibility index (Phi) is 5.42. The lowest BCUT2D eigenvalue weighted by atomic mass is 9.99. The van der Waals surface area contributed by atoms with E-state index in [4.69, 9.17) is 0 Å². The molecule has 0 bridgehead atoms. The Bertz CT molecular complexity index is 505. The highest BCUT2D eigenvalue weighted by atomic mass is 79.9. The Labute approximate surface area is 140 Å². The third kappa shape index (κ3) is 2.88. The minimum Gasteiger partial charge on any atom is -0.274 e. The van der Waals surface area contributed by atoms with Gasteiger partial charge in [0, 0.05) is 6.54 Å². The van der Waals surface area contributed by atoms with Crippen molar-refractivity contribution in [1.82, 2.24) is 4.90 Å². The quantitative estimate of drug-likeness (QED) is 0.599. The maximum absolute atomic E-state index is 12.4. The van der Waals surface area contributed by atoms with Crippen LogP contribution < -0.4 is 0 Å². The zero-order valence-corrected chi connectivity index (χ0v) is 15.5. The number of nitrogens with zero attached hydrogens (tertiary/aromatic N) is 1. The average molecular weight is 423 g/mol. The Balaban J connectivity index is 2.18. The van der Waals surface area contributed by atoms with Gasteiger partial charge in [0.15, 0.2) is 0 Å². The highest BCUT2D eigenvalue weighted by molar-refractivity contribution is 9.12. The van der Waals surface area contributed by atoms with Crippen LogP contribution in [-0.4, -0.2) is 23.3 Å². The van der Waals surface area contributed by atoms with Gasteiger partial charge in [0.05, 0.1) is 18.7 Å². The van der Waals surface area contributed by atoms with Crippen LogP contribution in [0.3, 0.4) is 0 Å². The van der Waals surface area contributed by atoms with E-state index >= 15 is 0 Å². The number of carbonyl (C=O) groups is 2. The summed E-state index contributed by atoms with van der Waals surface area (Å²) in [6.07, 6.45) is 4.34. The lowest BCUT2D eigenvalue weighted by Gasteiger charge is -2.21. The van der Waals surface area contributed by atoms with Crippen molar-refractivity contribution in [3.8, 4) is 0 Å². The monoisotopic (exact) mass is 421 g/mol. The maximum Gasteiger partial charge on any atom is 0.263 e. The van der Waals surface area contributed by atoms with Crippen molar-refractivity contribution in [3.63, 3.8) is 0 Å². The first-order valence-electron chi connectivity index (χ1n) is 6.85. The van der Waals surface area contributed by atoms with E-state index in [9.17, 15) is 9.59 Å². The summed E-state index contributed by atoms with van der Waals surface area (Å²) in [5.41, 5.74) is 1.05. The molecule has 1 atom stereocenters. The number of hydrogen-bond acceptors (Lipinski definition) is 3. The Hall–Kier alpha value is -0.200. The van der Waals surface area contributed by atoms with Crippen molar-refractivity contribution < 1.29 is 9.59 Å². The van der Waals surface area contributed by atoms with Crippen molar-refractivity contribution in [3.05, 3.63) is 18.7 Å². The van der Waals surface area contributed by atoms with Gasteiger partial charge in [0.2, 0.25) is 0 Å². The summed E-state index contributed by atoms with van der Waals surface area (Å²) in [6, 6.07) is 0. The lowest BCUT2D eigenvalue weighted by Crippen LogP contribution is -2.34. The molecule has 0 unspecified atom stereocenters. The number of carbonyl (C=O) groups excluding carboxylic acids is 2. The first-order chi connectivity index (χ1) is 9.51. The van der Waals surface area contributed by atoms with Crippen molar-refractivity contribution in [2.75, 3.05) is 6.54 Å². The normalized spacial score (nSPS) is 15.9. The number of hydrogen-bond donors (Lipinski definition) is 0. The van der Waals surface area contributed by atoms with Crippen molar-refractivity contribution in [2.24, 2.45) is 5.92 Å². The molecule has 0 aliphatic carbocycles. The van der Waals surface area contributed by atoms with E-state index in [0.29, 0.717) is 23.6 Å². The molecule has 0 radical (unpaired) electrons. The highest BCUT2D eigenvalue weighted by Gasteiger charge is 2.41. The van der Waals surface area contributed by atoms with Gasteiger partial charge in [0.1, 0.15) is 0 Å². The molecule has 6 heteroatoms. The third-order valence-electron chi connectivity index (χ3n) is 3.72. The van der Waals surface area contributed by atoms with Crippen LogP contribution in [0.5, 0.6) is 0 Å². The highest BCUT2D eigenvalue weighted by Crippen LogP contribution is 2.42. The van der Waals surface area contributed by atoms with Crippen LogP contribution in [0.15, 0.2) is 7.57 Å². The van der Waals surface area contributed by atoms with Crippen LogP contribution in [0.4, 0.5) is 0 Å².